The van der Waals surface area contributed by atoms with Crippen LogP contribution in [0.1, 0.15) is 21.5 Å². The summed E-state index contributed by atoms with van der Waals surface area (Å²) in [5.41, 5.74) is 1.84. The second-order valence-electron chi connectivity index (χ2n) is 6.52. The summed E-state index contributed by atoms with van der Waals surface area (Å²) >= 11 is 12.0. The molecule has 0 atom stereocenters. The lowest BCUT2D eigenvalue weighted by atomic mass is 10.1. The number of carbonyl (C=O) groups excluding carboxylic acids is 1. The van der Waals surface area contributed by atoms with Crippen molar-refractivity contribution in [1.82, 2.24) is 9.80 Å². The van der Waals surface area contributed by atoms with Crippen molar-refractivity contribution in [3.8, 4) is 0 Å². The minimum Gasteiger partial charge on any atom is -0.336 e. The molecule has 0 saturated carbocycles. The van der Waals surface area contributed by atoms with E-state index in [1.165, 1.54) is 6.07 Å². The van der Waals surface area contributed by atoms with Crippen molar-refractivity contribution in [1.29, 1.82) is 0 Å². The van der Waals surface area contributed by atoms with Crippen LogP contribution in [0.2, 0.25) is 10.0 Å². The van der Waals surface area contributed by atoms with Crippen molar-refractivity contribution in [2.24, 2.45) is 0 Å². The first-order valence-corrected chi connectivity index (χ1v) is 9.32. The summed E-state index contributed by atoms with van der Waals surface area (Å²) in [7, 11) is 0. The predicted molar refractivity (Wildman–Crippen MR) is 105 cm³/mol. The Morgan fingerprint density at radius 2 is 1.81 bits per heavy atom. The molecule has 1 saturated heterocycles. The standard InChI is InChI=1S/C19H19Cl2N3O3/c1-13-15(3-2-4-18(13)24(26)27)19(25)23-9-7-22(8-10-23)12-14-5-6-16(20)17(21)11-14/h2-6,11H,7-10,12H2,1H3. The Kier molecular flexibility index (Phi) is 5.99. The summed E-state index contributed by atoms with van der Waals surface area (Å²) in [4.78, 5) is 27.4. The third-order valence-corrected chi connectivity index (χ3v) is 5.52. The van der Waals surface area contributed by atoms with E-state index in [9.17, 15) is 14.9 Å². The van der Waals surface area contributed by atoms with Gasteiger partial charge in [0.2, 0.25) is 0 Å². The molecule has 1 amide bonds. The maximum absolute atomic E-state index is 12.8. The van der Waals surface area contributed by atoms with Crippen LogP contribution in [0.4, 0.5) is 5.69 Å². The van der Waals surface area contributed by atoms with Crippen LogP contribution in [-0.2, 0) is 6.54 Å². The van der Waals surface area contributed by atoms with Gasteiger partial charge in [-0.05, 0) is 30.7 Å². The van der Waals surface area contributed by atoms with E-state index in [1.54, 1.807) is 30.0 Å². The van der Waals surface area contributed by atoms with Gasteiger partial charge < -0.3 is 4.90 Å². The molecule has 1 heterocycles. The largest absolute Gasteiger partial charge is 0.336 e. The zero-order chi connectivity index (χ0) is 19.6. The van der Waals surface area contributed by atoms with Crippen LogP contribution < -0.4 is 0 Å². The molecule has 0 bridgehead atoms. The molecular weight excluding hydrogens is 389 g/mol. The number of nitro benzene ring substituents is 1. The molecule has 6 nitrogen and oxygen atoms in total. The van der Waals surface area contributed by atoms with E-state index < -0.39 is 4.92 Å². The summed E-state index contributed by atoms with van der Waals surface area (Å²) < 4.78 is 0. The summed E-state index contributed by atoms with van der Waals surface area (Å²) in [5, 5.41) is 12.2. The van der Waals surface area contributed by atoms with Crippen LogP contribution in [0, 0.1) is 17.0 Å². The highest BCUT2D eigenvalue weighted by molar-refractivity contribution is 6.42. The number of hydrogen-bond acceptors (Lipinski definition) is 4. The molecule has 0 spiro atoms. The average Bonchev–Trinajstić information content (AvgIpc) is 2.65. The Morgan fingerprint density at radius 3 is 2.44 bits per heavy atom. The van der Waals surface area contributed by atoms with Crippen LogP contribution in [0.5, 0.6) is 0 Å². The number of halogens is 2. The van der Waals surface area contributed by atoms with Gasteiger partial charge in [0.05, 0.1) is 15.0 Å². The van der Waals surface area contributed by atoms with E-state index in [4.69, 9.17) is 23.2 Å². The predicted octanol–water partition coefficient (Wildman–Crippen LogP) is 4.17. The lowest BCUT2D eigenvalue weighted by Crippen LogP contribution is -2.48. The van der Waals surface area contributed by atoms with Gasteiger partial charge in [-0.15, -0.1) is 0 Å². The number of rotatable bonds is 4. The lowest BCUT2D eigenvalue weighted by Gasteiger charge is -2.35. The molecule has 2 aromatic rings. The third-order valence-electron chi connectivity index (χ3n) is 4.78. The van der Waals surface area contributed by atoms with Gasteiger partial charge in [-0.25, -0.2) is 0 Å². The Hall–Kier alpha value is -2.15. The number of hydrogen-bond donors (Lipinski definition) is 0. The van der Waals surface area contributed by atoms with Crippen LogP contribution in [0.25, 0.3) is 0 Å². The number of benzene rings is 2. The van der Waals surface area contributed by atoms with Gasteiger partial charge in [0.15, 0.2) is 0 Å². The van der Waals surface area contributed by atoms with E-state index in [-0.39, 0.29) is 11.6 Å². The molecule has 0 aliphatic carbocycles. The number of piperazine rings is 1. The van der Waals surface area contributed by atoms with Crippen molar-refractivity contribution in [3.05, 3.63) is 73.2 Å². The fraction of sp³-hybridized carbons (Fsp3) is 0.316. The molecule has 0 N–H and O–H groups in total. The number of carbonyl (C=O) groups is 1. The normalized spacial score (nSPS) is 15.0. The van der Waals surface area contributed by atoms with Crippen LogP contribution >= 0.6 is 23.2 Å². The average molecular weight is 408 g/mol. The van der Waals surface area contributed by atoms with Gasteiger partial charge in [-0.1, -0.05) is 35.3 Å². The van der Waals surface area contributed by atoms with Crippen molar-refractivity contribution in [2.45, 2.75) is 13.5 Å². The van der Waals surface area contributed by atoms with Gasteiger partial charge in [0.25, 0.3) is 11.6 Å². The molecule has 3 rings (SSSR count). The Labute approximate surface area is 167 Å². The second kappa shape index (κ2) is 8.25. The molecule has 142 valence electrons. The quantitative estimate of drug-likeness (QED) is 0.563. The first-order valence-electron chi connectivity index (χ1n) is 8.56. The van der Waals surface area contributed by atoms with Crippen molar-refractivity contribution >= 4 is 34.8 Å². The summed E-state index contributed by atoms with van der Waals surface area (Å²) in [6.45, 7) is 4.94. The molecule has 1 aliphatic heterocycles. The topological polar surface area (TPSA) is 66.7 Å². The molecule has 0 radical (unpaired) electrons. The van der Waals surface area contributed by atoms with Gasteiger partial charge in [0, 0.05) is 49.9 Å². The fourth-order valence-electron chi connectivity index (χ4n) is 3.23. The van der Waals surface area contributed by atoms with Gasteiger partial charge in [-0.3, -0.25) is 19.8 Å². The van der Waals surface area contributed by atoms with Crippen LogP contribution in [0.3, 0.4) is 0 Å². The summed E-state index contributed by atoms with van der Waals surface area (Å²) in [6.07, 6.45) is 0. The molecule has 27 heavy (non-hydrogen) atoms. The molecule has 0 aromatic heterocycles. The Bertz CT molecular complexity index is 880. The highest BCUT2D eigenvalue weighted by Crippen LogP contribution is 2.25. The Balaban J connectivity index is 1.63. The highest BCUT2D eigenvalue weighted by Gasteiger charge is 2.25. The van der Waals surface area contributed by atoms with E-state index in [1.807, 2.05) is 12.1 Å². The Morgan fingerprint density at radius 1 is 1.11 bits per heavy atom. The molecule has 2 aromatic carbocycles. The van der Waals surface area contributed by atoms with Crippen LogP contribution in [0.15, 0.2) is 36.4 Å². The van der Waals surface area contributed by atoms with Crippen molar-refractivity contribution in [2.75, 3.05) is 26.2 Å². The van der Waals surface area contributed by atoms with E-state index >= 15 is 0 Å². The van der Waals surface area contributed by atoms with E-state index in [0.29, 0.717) is 34.3 Å². The number of nitro groups is 1. The zero-order valence-corrected chi connectivity index (χ0v) is 16.3. The summed E-state index contributed by atoms with van der Waals surface area (Å²) in [5.74, 6) is -0.162. The molecule has 1 aliphatic rings. The van der Waals surface area contributed by atoms with Crippen LogP contribution in [-0.4, -0.2) is 46.8 Å². The first-order chi connectivity index (χ1) is 12.9. The van der Waals surface area contributed by atoms with Gasteiger partial charge in [0.1, 0.15) is 0 Å². The third kappa shape index (κ3) is 4.40. The lowest BCUT2D eigenvalue weighted by molar-refractivity contribution is -0.385. The van der Waals surface area contributed by atoms with Crippen molar-refractivity contribution in [3.63, 3.8) is 0 Å². The van der Waals surface area contributed by atoms with Gasteiger partial charge in [-0.2, -0.15) is 0 Å². The smallest absolute Gasteiger partial charge is 0.273 e. The molecular formula is C19H19Cl2N3O3. The molecule has 8 heteroatoms. The van der Waals surface area contributed by atoms with E-state index in [0.717, 1.165) is 25.2 Å². The SMILES string of the molecule is Cc1c(C(=O)N2CCN(Cc3ccc(Cl)c(Cl)c3)CC2)cccc1[N+](=O)[O-]. The highest BCUT2D eigenvalue weighted by atomic mass is 35.5. The number of amides is 1. The molecule has 1 fully saturated rings. The molecule has 0 unspecified atom stereocenters. The minimum absolute atomic E-state index is 0.0286. The maximum Gasteiger partial charge on any atom is 0.273 e. The second-order valence-corrected chi connectivity index (χ2v) is 7.34. The van der Waals surface area contributed by atoms with Crippen molar-refractivity contribution < 1.29 is 9.72 Å². The fourth-order valence-corrected chi connectivity index (χ4v) is 3.55. The maximum atomic E-state index is 12.8. The first kappa shape index (κ1) is 19.6. The van der Waals surface area contributed by atoms with E-state index in [2.05, 4.69) is 4.90 Å². The van der Waals surface area contributed by atoms with Gasteiger partial charge >= 0.3 is 0 Å². The summed E-state index contributed by atoms with van der Waals surface area (Å²) in [6, 6.07) is 10.2. The number of nitrogens with zero attached hydrogens (tertiary/aromatic N) is 3. The zero-order valence-electron chi connectivity index (χ0n) is 14.8. The monoisotopic (exact) mass is 407 g/mol. The minimum atomic E-state index is -0.457.